The second kappa shape index (κ2) is 5.09. The normalized spacial score (nSPS) is 22.8. The first kappa shape index (κ1) is 12.9. The minimum atomic E-state index is 0.593. The molecule has 0 aliphatic carbocycles. The third kappa shape index (κ3) is 2.20. The van der Waals surface area contributed by atoms with Crippen LogP contribution in [0.15, 0.2) is 24.5 Å². The predicted octanol–water partition coefficient (Wildman–Crippen LogP) is 2.98. The lowest BCUT2D eigenvalue weighted by molar-refractivity contribution is 0.357. The summed E-state index contributed by atoms with van der Waals surface area (Å²) in [5.74, 6) is 1.36. The van der Waals surface area contributed by atoms with Gasteiger partial charge in [-0.25, -0.2) is 0 Å². The fourth-order valence-electron chi connectivity index (χ4n) is 3.25. The highest BCUT2D eigenvalue weighted by molar-refractivity contribution is 5.91. The first-order valence-electron chi connectivity index (χ1n) is 7.07. The first-order valence-corrected chi connectivity index (χ1v) is 7.07. The van der Waals surface area contributed by atoms with Gasteiger partial charge < -0.3 is 4.90 Å². The molecule has 1 aliphatic rings. The van der Waals surface area contributed by atoms with Gasteiger partial charge in [0.25, 0.3) is 0 Å². The third-order valence-electron chi connectivity index (χ3n) is 3.93. The van der Waals surface area contributed by atoms with Crippen molar-refractivity contribution in [2.75, 3.05) is 18.0 Å². The highest BCUT2D eigenvalue weighted by atomic mass is 15.1. The highest BCUT2D eigenvalue weighted by Crippen LogP contribution is 2.31. The van der Waals surface area contributed by atoms with Crippen molar-refractivity contribution in [3.8, 4) is 6.07 Å². The average molecular weight is 266 g/mol. The van der Waals surface area contributed by atoms with Crippen molar-refractivity contribution in [3.05, 3.63) is 30.1 Å². The van der Waals surface area contributed by atoms with E-state index in [-0.39, 0.29) is 0 Å². The molecule has 2 aromatic rings. The summed E-state index contributed by atoms with van der Waals surface area (Å²) in [7, 11) is 0. The van der Waals surface area contributed by atoms with Crippen LogP contribution >= 0.6 is 0 Å². The summed E-state index contributed by atoms with van der Waals surface area (Å²) in [6.07, 6.45) is 4.62. The molecule has 2 atom stereocenters. The van der Waals surface area contributed by atoms with Gasteiger partial charge in [0.05, 0.1) is 11.3 Å². The van der Waals surface area contributed by atoms with Crippen LogP contribution in [0.2, 0.25) is 0 Å². The van der Waals surface area contributed by atoms with E-state index in [1.165, 1.54) is 6.42 Å². The summed E-state index contributed by atoms with van der Waals surface area (Å²) in [5.41, 5.74) is 3.24. The van der Waals surface area contributed by atoms with Crippen LogP contribution < -0.4 is 4.90 Å². The van der Waals surface area contributed by atoms with E-state index in [0.717, 1.165) is 24.3 Å². The maximum atomic E-state index is 9.19. The Kier molecular flexibility index (Phi) is 3.27. The zero-order valence-electron chi connectivity index (χ0n) is 11.9. The number of benzene rings is 1. The minimum absolute atomic E-state index is 0.593. The van der Waals surface area contributed by atoms with Crippen LogP contribution in [0, 0.1) is 23.2 Å². The van der Waals surface area contributed by atoms with E-state index in [1.807, 2.05) is 12.1 Å². The van der Waals surface area contributed by atoms with Crippen LogP contribution in [0.25, 0.3) is 11.0 Å². The van der Waals surface area contributed by atoms with E-state index in [9.17, 15) is 5.26 Å². The topological polar surface area (TPSA) is 52.8 Å². The number of piperidine rings is 1. The van der Waals surface area contributed by atoms with Gasteiger partial charge in [0.15, 0.2) is 0 Å². The van der Waals surface area contributed by atoms with Gasteiger partial charge in [-0.3, -0.25) is 9.97 Å². The average Bonchev–Trinajstić information content (AvgIpc) is 2.45. The van der Waals surface area contributed by atoms with Gasteiger partial charge in [-0.05, 0) is 30.4 Å². The third-order valence-corrected chi connectivity index (χ3v) is 3.93. The standard InChI is InChI=1S/C16H18N4/c1-11-7-12(2)10-20(9-11)14-4-3-13(8-17)15-16(14)19-6-5-18-15/h3-6,11-12H,7,9-10H2,1-2H3/t11-,12+. The van der Waals surface area contributed by atoms with E-state index < -0.39 is 0 Å². The summed E-state index contributed by atoms with van der Waals surface area (Å²) in [5, 5.41) is 9.19. The lowest BCUT2D eigenvalue weighted by atomic mass is 9.91. The molecule has 4 heteroatoms. The molecule has 0 N–H and O–H groups in total. The summed E-state index contributed by atoms with van der Waals surface area (Å²) < 4.78 is 0. The van der Waals surface area contributed by atoms with Gasteiger partial charge in [0.1, 0.15) is 17.1 Å². The predicted molar refractivity (Wildman–Crippen MR) is 79.4 cm³/mol. The van der Waals surface area contributed by atoms with Gasteiger partial charge in [-0.15, -0.1) is 0 Å². The van der Waals surface area contributed by atoms with Crippen molar-refractivity contribution in [1.82, 2.24) is 9.97 Å². The molecule has 1 aromatic heterocycles. The molecule has 1 aliphatic heterocycles. The molecule has 0 bridgehead atoms. The van der Waals surface area contributed by atoms with Gasteiger partial charge >= 0.3 is 0 Å². The number of aromatic nitrogens is 2. The lowest BCUT2D eigenvalue weighted by Crippen LogP contribution is -2.38. The minimum Gasteiger partial charge on any atom is -0.369 e. The SMILES string of the molecule is C[C@@H]1C[C@H](C)CN(c2ccc(C#N)c3nccnc23)C1. The molecular formula is C16H18N4. The Hall–Kier alpha value is -2.15. The van der Waals surface area contributed by atoms with E-state index >= 15 is 0 Å². The smallest absolute Gasteiger partial charge is 0.113 e. The van der Waals surface area contributed by atoms with Crippen LogP contribution in [0.4, 0.5) is 5.69 Å². The van der Waals surface area contributed by atoms with Crippen LogP contribution in [-0.2, 0) is 0 Å². The quantitative estimate of drug-likeness (QED) is 0.796. The molecular weight excluding hydrogens is 248 g/mol. The van der Waals surface area contributed by atoms with E-state index in [0.29, 0.717) is 22.9 Å². The number of nitriles is 1. The molecule has 0 radical (unpaired) electrons. The van der Waals surface area contributed by atoms with Crippen molar-refractivity contribution in [1.29, 1.82) is 5.26 Å². The van der Waals surface area contributed by atoms with Gasteiger partial charge in [0, 0.05) is 25.5 Å². The second-order valence-corrected chi connectivity index (χ2v) is 5.85. The van der Waals surface area contributed by atoms with E-state index in [1.54, 1.807) is 12.4 Å². The number of nitrogens with zero attached hydrogens (tertiary/aromatic N) is 4. The summed E-state index contributed by atoms with van der Waals surface area (Å²) in [6, 6.07) is 6.07. The monoisotopic (exact) mass is 266 g/mol. The van der Waals surface area contributed by atoms with Gasteiger partial charge in [-0.1, -0.05) is 13.8 Å². The van der Waals surface area contributed by atoms with Crippen molar-refractivity contribution in [3.63, 3.8) is 0 Å². The number of hydrogen-bond acceptors (Lipinski definition) is 4. The second-order valence-electron chi connectivity index (χ2n) is 5.85. The number of rotatable bonds is 1. The molecule has 1 saturated heterocycles. The molecule has 0 saturated carbocycles. The molecule has 3 rings (SSSR count). The van der Waals surface area contributed by atoms with Crippen LogP contribution in [-0.4, -0.2) is 23.1 Å². The van der Waals surface area contributed by atoms with Crippen molar-refractivity contribution in [2.45, 2.75) is 20.3 Å². The number of hydrogen-bond donors (Lipinski definition) is 0. The Morgan fingerprint density at radius 2 is 1.75 bits per heavy atom. The summed E-state index contributed by atoms with van der Waals surface area (Å²) in [4.78, 5) is 11.2. The zero-order valence-corrected chi connectivity index (χ0v) is 11.9. The molecule has 20 heavy (non-hydrogen) atoms. The maximum Gasteiger partial charge on any atom is 0.113 e. The Bertz CT molecular complexity index is 664. The van der Waals surface area contributed by atoms with Crippen molar-refractivity contribution >= 4 is 16.7 Å². The Labute approximate surface area is 119 Å². The van der Waals surface area contributed by atoms with Crippen LogP contribution in [0.5, 0.6) is 0 Å². The molecule has 0 spiro atoms. The van der Waals surface area contributed by atoms with E-state index in [2.05, 4.69) is 34.8 Å². The molecule has 2 heterocycles. The van der Waals surface area contributed by atoms with Crippen LogP contribution in [0.3, 0.4) is 0 Å². The first-order chi connectivity index (χ1) is 9.69. The molecule has 4 nitrogen and oxygen atoms in total. The van der Waals surface area contributed by atoms with E-state index in [4.69, 9.17) is 0 Å². The van der Waals surface area contributed by atoms with Crippen molar-refractivity contribution in [2.24, 2.45) is 11.8 Å². The largest absolute Gasteiger partial charge is 0.369 e. The van der Waals surface area contributed by atoms with Gasteiger partial charge in [0.2, 0.25) is 0 Å². The molecule has 102 valence electrons. The fourth-order valence-corrected chi connectivity index (χ4v) is 3.25. The Balaban J connectivity index is 2.11. The van der Waals surface area contributed by atoms with Crippen LogP contribution in [0.1, 0.15) is 25.8 Å². The highest BCUT2D eigenvalue weighted by Gasteiger charge is 2.24. The maximum absolute atomic E-state index is 9.19. The fraction of sp³-hybridized carbons (Fsp3) is 0.438. The van der Waals surface area contributed by atoms with Crippen molar-refractivity contribution < 1.29 is 0 Å². The number of fused-ring (bicyclic) bond motifs is 1. The Morgan fingerprint density at radius 1 is 1.10 bits per heavy atom. The lowest BCUT2D eigenvalue weighted by Gasteiger charge is -2.36. The molecule has 1 aromatic carbocycles. The summed E-state index contributed by atoms with van der Waals surface area (Å²) >= 11 is 0. The Morgan fingerprint density at radius 3 is 2.40 bits per heavy atom. The summed E-state index contributed by atoms with van der Waals surface area (Å²) in [6.45, 7) is 6.67. The molecule has 0 amide bonds. The number of anilines is 1. The molecule has 1 fully saturated rings. The molecule has 0 unspecified atom stereocenters. The zero-order chi connectivity index (χ0) is 14.1. The van der Waals surface area contributed by atoms with Gasteiger partial charge in [-0.2, -0.15) is 5.26 Å².